The second-order valence-electron chi connectivity index (χ2n) is 4.17. The van der Waals surface area contributed by atoms with Crippen LogP contribution in [0.3, 0.4) is 0 Å². The molecule has 104 valence electrons. The number of hydrogen-bond donors (Lipinski definition) is 0. The quantitative estimate of drug-likeness (QED) is 0.478. The van der Waals surface area contributed by atoms with E-state index in [0.29, 0.717) is 11.3 Å². The van der Waals surface area contributed by atoms with Crippen LogP contribution in [0.2, 0.25) is 0 Å². The maximum Gasteiger partial charge on any atom is 0.290 e. The van der Waals surface area contributed by atoms with E-state index in [1.54, 1.807) is 20.1 Å². The molecule has 1 aromatic heterocycles. The number of nitro groups is 1. The van der Waals surface area contributed by atoms with Crippen LogP contribution in [0.15, 0.2) is 41.6 Å². The van der Waals surface area contributed by atoms with Crippen LogP contribution in [-0.2, 0) is 5.75 Å². The summed E-state index contributed by atoms with van der Waals surface area (Å²) in [6.45, 7) is 1.72. The first-order valence-electron chi connectivity index (χ1n) is 5.97. The van der Waals surface area contributed by atoms with Crippen LogP contribution in [0.5, 0.6) is 5.75 Å². The number of pyridine rings is 1. The van der Waals surface area contributed by atoms with Crippen molar-refractivity contribution in [3.8, 4) is 5.75 Å². The maximum atomic E-state index is 10.7. The van der Waals surface area contributed by atoms with Gasteiger partial charge in [-0.25, -0.2) is 4.98 Å². The van der Waals surface area contributed by atoms with Gasteiger partial charge in [-0.15, -0.1) is 11.8 Å². The Hall–Kier alpha value is -2.08. The Kier molecular flexibility index (Phi) is 4.57. The van der Waals surface area contributed by atoms with Gasteiger partial charge in [0.25, 0.3) is 5.69 Å². The molecule has 2 aromatic rings. The first-order chi connectivity index (χ1) is 9.61. The van der Waals surface area contributed by atoms with Gasteiger partial charge in [0.1, 0.15) is 11.9 Å². The molecule has 0 radical (unpaired) electrons. The average Bonchev–Trinajstić information content (AvgIpc) is 2.45. The minimum Gasteiger partial charge on any atom is -0.496 e. The largest absolute Gasteiger partial charge is 0.496 e. The fraction of sp³-hybridized carbons (Fsp3) is 0.214. The van der Waals surface area contributed by atoms with Crippen molar-refractivity contribution in [2.75, 3.05) is 7.11 Å². The van der Waals surface area contributed by atoms with Crippen molar-refractivity contribution in [3.05, 3.63) is 57.8 Å². The number of aromatic nitrogens is 1. The zero-order valence-corrected chi connectivity index (χ0v) is 12.0. The Balaban J connectivity index is 2.11. The van der Waals surface area contributed by atoms with Gasteiger partial charge in [-0.2, -0.15) is 0 Å². The standard InChI is InChI=1S/C14H14N2O3S/c1-10-7-14(15-8-12(10)16(17)18)20-9-11-5-3-4-6-13(11)19-2/h3-8H,9H2,1-2H3. The molecular weight excluding hydrogens is 276 g/mol. The molecule has 0 unspecified atom stereocenters. The molecule has 5 nitrogen and oxygen atoms in total. The number of methoxy groups -OCH3 is 1. The third kappa shape index (κ3) is 3.27. The van der Waals surface area contributed by atoms with E-state index < -0.39 is 4.92 Å². The summed E-state index contributed by atoms with van der Waals surface area (Å²) in [5, 5.41) is 11.5. The minimum absolute atomic E-state index is 0.0478. The van der Waals surface area contributed by atoms with Crippen LogP contribution >= 0.6 is 11.8 Å². The number of aryl methyl sites for hydroxylation is 1. The van der Waals surface area contributed by atoms with Gasteiger partial charge in [-0.1, -0.05) is 18.2 Å². The molecule has 0 aliphatic rings. The highest BCUT2D eigenvalue weighted by Crippen LogP contribution is 2.28. The summed E-state index contributed by atoms with van der Waals surface area (Å²) < 4.78 is 5.28. The first kappa shape index (κ1) is 14.3. The predicted octanol–water partition coefficient (Wildman–Crippen LogP) is 3.60. The molecule has 0 aliphatic carbocycles. The second kappa shape index (κ2) is 6.38. The smallest absolute Gasteiger partial charge is 0.290 e. The molecule has 0 saturated heterocycles. The van der Waals surface area contributed by atoms with Crippen LogP contribution in [0, 0.1) is 17.0 Å². The molecule has 0 amide bonds. The third-order valence-corrected chi connectivity index (χ3v) is 3.80. The number of rotatable bonds is 5. The molecule has 1 aromatic carbocycles. The summed E-state index contributed by atoms with van der Waals surface area (Å²) >= 11 is 1.52. The van der Waals surface area contributed by atoms with E-state index in [1.807, 2.05) is 24.3 Å². The lowest BCUT2D eigenvalue weighted by atomic mass is 10.2. The predicted molar refractivity (Wildman–Crippen MR) is 78.2 cm³/mol. The molecule has 0 fully saturated rings. The van der Waals surface area contributed by atoms with E-state index >= 15 is 0 Å². The highest BCUT2D eigenvalue weighted by atomic mass is 32.2. The molecule has 0 saturated carbocycles. The Morgan fingerprint density at radius 3 is 2.80 bits per heavy atom. The zero-order chi connectivity index (χ0) is 14.5. The lowest BCUT2D eigenvalue weighted by Crippen LogP contribution is -1.94. The fourth-order valence-electron chi connectivity index (χ4n) is 1.77. The van der Waals surface area contributed by atoms with E-state index in [1.165, 1.54) is 18.0 Å². The van der Waals surface area contributed by atoms with Crippen molar-refractivity contribution in [2.45, 2.75) is 17.7 Å². The minimum atomic E-state index is -0.420. The van der Waals surface area contributed by atoms with Gasteiger partial charge in [-0.05, 0) is 19.1 Å². The van der Waals surface area contributed by atoms with Crippen molar-refractivity contribution in [3.63, 3.8) is 0 Å². The van der Waals surface area contributed by atoms with Crippen molar-refractivity contribution in [1.82, 2.24) is 4.98 Å². The zero-order valence-electron chi connectivity index (χ0n) is 11.2. The van der Waals surface area contributed by atoms with Crippen molar-refractivity contribution in [1.29, 1.82) is 0 Å². The van der Waals surface area contributed by atoms with Crippen LogP contribution in [0.4, 0.5) is 5.69 Å². The molecule has 1 heterocycles. The van der Waals surface area contributed by atoms with Gasteiger partial charge in [0.05, 0.1) is 17.1 Å². The second-order valence-corrected chi connectivity index (χ2v) is 5.16. The molecule has 0 bridgehead atoms. The first-order valence-corrected chi connectivity index (χ1v) is 6.96. The van der Waals surface area contributed by atoms with Crippen molar-refractivity contribution < 1.29 is 9.66 Å². The molecule has 0 atom stereocenters. The molecule has 0 spiro atoms. The van der Waals surface area contributed by atoms with Crippen molar-refractivity contribution >= 4 is 17.4 Å². The van der Waals surface area contributed by atoms with Gasteiger partial charge in [0, 0.05) is 16.9 Å². The topological polar surface area (TPSA) is 65.3 Å². The summed E-state index contributed by atoms with van der Waals surface area (Å²) in [7, 11) is 1.64. The number of benzene rings is 1. The van der Waals surface area contributed by atoms with Crippen LogP contribution < -0.4 is 4.74 Å². The summed E-state index contributed by atoms with van der Waals surface area (Å²) in [6.07, 6.45) is 1.31. The van der Waals surface area contributed by atoms with Crippen molar-refractivity contribution in [2.24, 2.45) is 0 Å². The van der Waals surface area contributed by atoms with E-state index in [-0.39, 0.29) is 5.69 Å². The highest BCUT2D eigenvalue weighted by Gasteiger charge is 2.12. The number of nitrogens with zero attached hydrogens (tertiary/aromatic N) is 2. The van der Waals surface area contributed by atoms with E-state index in [2.05, 4.69) is 4.98 Å². The molecule has 2 rings (SSSR count). The number of thioether (sulfide) groups is 1. The number of hydrogen-bond acceptors (Lipinski definition) is 5. The maximum absolute atomic E-state index is 10.7. The molecular formula is C14H14N2O3S. The Morgan fingerprint density at radius 1 is 1.40 bits per heavy atom. The summed E-state index contributed by atoms with van der Waals surface area (Å²) in [5.74, 6) is 1.53. The summed E-state index contributed by atoms with van der Waals surface area (Å²) in [6, 6.07) is 9.50. The number of para-hydroxylation sites is 1. The van der Waals surface area contributed by atoms with Gasteiger partial charge in [0.15, 0.2) is 0 Å². The van der Waals surface area contributed by atoms with E-state index in [9.17, 15) is 10.1 Å². The lowest BCUT2D eigenvalue weighted by molar-refractivity contribution is -0.385. The monoisotopic (exact) mass is 290 g/mol. The van der Waals surface area contributed by atoms with Gasteiger partial charge >= 0.3 is 0 Å². The van der Waals surface area contributed by atoms with E-state index in [0.717, 1.165) is 16.3 Å². The summed E-state index contributed by atoms with van der Waals surface area (Å²) in [5.41, 5.74) is 1.73. The van der Waals surface area contributed by atoms with Crippen LogP contribution in [0.1, 0.15) is 11.1 Å². The summed E-state index contributed by atoms with van der Waals surface area (Å²) in [4.78, 5) is 14.4. The highest BCUT2D eigenvalue weighted by molar-refractivity contribution is 7.98. The fourth-order valence-corrected chi connectivity index (χ4v) is 2.70. The Morgan fingerprint density at radius 2 is 2.15 bits per heavy atom. The third-order valence-electron chi connectivity index (χ3n) is 2.82. The van der Waals surface area contributed by atoms with Gasteiger partial charge < -0.3 is 4.74 Å². The van der Waals surface area contributed by atoms with Gasteiger partial charge in [-0.3, -0.25) is 10.1 Å². The van der Waals surface area contributed by atoms with Crippen LogP contribution in [-0.4, -0.2) is 17.0 Å². The molecule has 20 heavy (non-hydrogen) atoms. The normalized spacial score (nSPS) is 10.3. The molecule has 0 aliphatic heterocycles. The van der Waals surface area contributed by atoms with Gasteiger partial charge in [0.2, 0.25) is 0 Å². The molecule has 0 N–H and O–H groups in total. The number of ether oxygens (including phenoxy) is 1. The Labute approximate surface area is 121 Å². The SMILES string of the molecule is COc1ccccc1CSc1cc(C)c([N+](=O)[O-])cn1. The average molecular weight is 290 g/mol. The van der Waals surface area contributed by atoms with Crippen LogP contribution in [0.25, 0.3) is 0 Å². The lowest BCUT2D eigenvalue weighted by Gasteiger charge is -2.07. The Bertz CT molecular complexity index is 632. The molecule has 6 heteroatoms. The van der Waals surface area contributed by atoms with E-state index in [4.69, 9.17) is 4.74 Å².